The van der Waals surface area contributed by atoms with Gasteiger partial charge < -0.3 is 10.1 Å². The Kier molecular flexibility index (Phi) is 6.49. The Balaban J connectivity index is 1.68. The van der Waals surface area contributed by atoms with Crippen molar-refractivity contribution in [1.29, 1.82) is 0 Å². The fourth-order valence-corrected chi connectivity index (χ4v) is 3.59. The van der Waals surface area contributed by atoms with Crippen LogP contribution in [0, 0.1) is 0 Å². The lowest BCUT2D eigenvalue weighted by molar-refractivity contribution is -0.119. The number of hydrogen-bond donors (Lipinski definition) is 1. The second-order valence-electron chi connectivity index (χ2n) is 4.63. The number of rotatable bonds is 6. The molecule has 20 heavy (non-hydrogen) atoms. The van der Waals surface area contributed by atoms with Gasteiger partial charge in [0.2, 0.25) is 5.91 Å². The number of ether oxygens (including phenoxy) is 1. The van der Waals surface area contributed by atoms with E-state index in [1.807, 2.05) is 6.07 Å². The number of thioether (sulfide) groups is 1. The summed E-state index contributed by atoms with van der Waals surface area (Å²) in [6.45, 7) is 1.41. The summed E-state index contributed by atoms with van der Waals surface area (Å²) >= 11 is 13.7. The van der Waals surface area contributed by atoms with E-state index in [2.05, 4.69) is 5.32 Å². The zero-order valence-electron chi connectivity index (χ0n) is 11.0. The van der Waals surface area contributed by atoms with Crippen molar-refractivity contribution in [1.82, 2.24) is 5.32 Å². The quantitative estimate of drug-likeness (QED) is 0.865. The molecule has 1 aromatic carbocycles. The fourth-order valence-electron chi connectivity index (χ4n) is 2.00. The molecule has 1 aliphatic heterocycles. The van der Waals surface area contributed by atoms with E-state index in [4.69, 9.17) is 27.9 Å². The van der Waals surface area contributed by atoms with Gasteiger partial charge in [0, 0.05) is 28.9 Å². The molecule has 6 heteroatoms. The molecular weight excluding hydrogens is 317 g/mol. The smallest absolute Gasteiger partial charge is 0.230 e. The summed E-state index contributed by atoms with van der Waals surface area (Å²) in [6, 6.07) is 5.43. The van der Waals surface area contributed by atoms with Crippen LogP contribution in [-0.2, 0) is 15.3 Å². The Morgan fingerprint density at radius 3 is 2.80 bits per heavy atom. The average molecular weight is 334 g/mol. The molecule has 0 radical (unpaired) electrons. The third-order valence-corrected chi connectivity index (χ3v) is 4.76. The third kappa shape index (κ3) is 4.85. The summed E-state index contributed by atoms with van der Waals surface area (Å²) in [5.74, 6) is 1.05. The van der Waals surface area contributed by atoms with Crippen molar-refractivity contribution in [2.45, 2.75) is 24.7 Å². The first-order valence-electron chi connectivity index (χ1n) is 6.55. The standard InChI is InChI=1S/C14H17Cl2NO2S/c15-12-4-1-5-13(16)11(12)8-20-9-14(18)17-7-10-3-2-6-19-10/h1,4-5,10H,2-3,6-9H2,(H,17,18)/t10-/m1/s1. The maximum Gasteiger partial charge on any atom is 0.230 e. The van der Waals surface area contributed by atoms with Gasteiger partial charge in [0.15, 0.2) is 0 Å². The summed E-state index contributed by atoms with van der Waals surface area (Å²) in [5, 5.41) is 4.18. The van der Waals surface area contributed by atoms with Crippen molar-refractivity contribution in [3.63, 3.8) is 0 Å². The highest BCUT2D eigenvalue weighted by Gasteiger charge is 2.16. The van der Waals surface area contributed by atoms with E-state index in [0.29, 0.717) is 28.1 Å². The van der Waals surface area contributed by atoms with Gasteiger partial charge in [-0.1, -0.05) is 29.3 Å². The van der Waals surface area contributed by atoms with Crippen LogP contribution in [0.15, 0.2) is 18.2 Å². The second-order valence-corrected chi connectivity index (χ2v) is 6.43. The van der Waals surface area contributed by atoms with Crippen LogP contribution in [-0.4, -0.2) is 30.9 Å². The minimum Gasteiger partial charge on any atom is -0.376 e. The first-order chi connectivity index (χ1) is 9.66. The van der Waals surface area contributed by atoms with Crippen LogP contribution in [0.2, 0.25) is 10.0 Å². The Morgan fingerprint density at radius 2 is 2.15 bits per heavy atom. The number of nitrogens with one attached hydrogen (secondary N) is 1. The molecule has 0 bridgehead atoms. The zero-order chi connectivity index (χ0) is 14.4. The molecule has 3 nitrogen and oxygen atoms in total. The predicted octanol–water partition coefficient (Wildman–Crippen LogP) is 3.52. The van der Waals surface area contributed by atoms with Crippen LogP contribution < -0.4 is 5.32 Å². The van der Waals surface area contributed by atoms with Gasteiger partial charge in [-0.25, -0.2) is 0 Å². The summed E-state index contributed by atoms with van der Waals surface area (Å²) in [7, 11) is 0. The zero-order valence-corrected chi connectivity index (χ0v) is 13.4. The maximum absolute atomic E-state index is 11.7. The van der Waals surface area contributed by atoms with Crippen LogP contribution in [0.5, 0.6) is 0 Å². The van der Waals surface area contributed by atoms with Gasteiger partial charge in [-0.05, 0) is 30.5 Å². The molecule has 0 saturated carbocycles. The number of halogens is 2. The molecule has 1 saturated heterocycles. The third-order valence-electron chi connectivity index (χ3n) is 3.09. The van der Waals surface area contributed by atoms with E-state index < -0.39 is 0 Å². The molecule has 0 spiro atoms. The molecule has 0 aliphatic carbocycles. The molecule has 1 aromatic rings. The van der Waals surface area contributed by atoms with Gasteiger partial charge in [0.25, 0.3) is 0 Å². The maximum atomic E-state index is 11.7. The first kappa shape index (κ1) is 16.0. The van der Waals surface area contributed by atoms with Gasteiger partial charge in [0.05, 0.1) is 11.9 Å². The highest BCUT2D eigenvalue weighted by Crippen LogP contribution is 2.28. The van der Waals surface area contributed by atoms with Crippen LogP contribution >= 0.6 is 35.0 Å². The molecule has 1 amide bonds. The van der Waals surface area contributed by atoms with Gasteiger partial charge in [-0.15, -0.1) is 11.8 Å². The van der Waals surface area contributed by atoms with E-state index in [-0.39, 0.29) is 12.0 Å². The molecule has 2 rings (SSSR count). The van der Waals surface area contributed by atoms with Crippen LogP contribution in [0.1, 0.15) is 18.4 Å². The van der Waals surface area contributed by atoms with Crippen molar-refractivity contribution in [3.8, 4) is 0 Å². The Bertz CT molecular complexity index is 444. The lowest BCUT2D eigenvalue weighted by Gasteiger charge is -2.11. The topological polar surface area (TPSA) is 38.3 Å². The van der Waals surface area contributed by atoms with Gasteiger partial charge >= 0.3 is 0 Å². The molecule has 1 heterocycles. The molecule has 110 valence electrons. The first-order valence-corrected chi connectivity index (χ1v) is 8.47. The average Bonchev–Trinajstić information content (AvgIpc) is 2.93. The van der Waals surface area contributed by atoms with Crippen LogP contribution in [0.3, 0.4) is 0 Å². The van der Waals surface area contributed by atoms with E-state index in [9.17, 15) is 4.79 Å². The summed E-state index contributed by atoms with van der Waals surface area (Å²) in [5.41, 5.74) is 0.882. The minimum atomic E-state index is 0.0219. The van der Waals surface area contributed by atoms with Gasteiger partial charge in [-0.3, -0.25) is 4.79 Å². The Labute approximate surface area is 133 Å². The van der Waals surface area contributed by atoms with Crippen LogP contribution in [0.25, 0.3) is 0 Å². The fraction of sp³-hybridized carbons (Fsp3) is 0.500. The molecule has 1 N–H and O–H groups in total. The van der Waals surface area contributed by atoms with E-state index in [0.717, 1.165) is 25.0 Å². The van der Waals surface area contributed by atoms with Crippen molar-refractivity contribution in [2.24, 2.45) is 0 Å². The second kappa shape index (κ2) is 8.13. The van der Waals surface area contributed by atoms with Crippen molar-refractivity contribution < 1.29 is 9.53 Å². The van der Waals surface area contributed by atoms with E-state index >= 15 is 0 Å². The Morgan fingerprint density at radius 1 is 1.40 bits per heavy atom. The molecular formula is C14H17Cl2NO2S. The summed E-state index contributed by atoms with van der Waals surface area (Å²) in [4.78, 5) is 11.7. The highest BCUT2D eigenvalue weighted by atomic mass is 35.5. The lowest BCUT2D eigenvalue weighted by Crippen LogP contribution is -2.32. The monoisotopic (exact) mass is 333 g/mol. The van der Waals surface area contributed by atoms with Crippen molar-refractivity contribution in [2.75, 3.05) is 18.9 Å². The number of amides is 1. The van der Waals surface area contributed by atoms with E-state index in [1.54, 1.807) is 12.1 Å². The van der Waals surface area contributed by atoms with Crippen LogP contribution in [0.4, 0.5) is 0 Å². The number of carbonyl (C=O) groups is 1. The van der Waals surface area contributed by atoms with Crippen molar-refractivity contribution >= 4 is 40.9 Å². The SMILES string of the molecule is O=C(CSCc1c(Cl)cccc1Cl)NC[C@H]1CCCO1. The molecule has 1 atom stereocenters. The molecule has 1 fully saturated rings. The summed E-state index contributed by atoms with van der Waals surface area (Å²) < 4.78 is 5.45. The minimum absolute atomic E-state index is 0.0219. The molecule has 0 aromatic heterocycles. The molecule has 1 aliphatic rings. The van der Waals surface area contributed by atoms with Crippen molar-refractivity contribution in [3.05, 3.63) is 33.8 Å². The van der Waals surface area contributed by atoms with Gasteiger partial charge in [-0.2, -0.15) is 0 Å². The normalized spacial score (nSPS) is 18.2. The number of benzene rings is 1. The number of hydrogen-bond acceptors (Lipinski definition) is 3. The summed E-state index contributed by atoms with van der Waals surface area (Å²) in [6.07, 6.45) is 2.30. The number of carbonyl (C=O) groups excluding carboxylic acids is 1. The van der Waals surface area contributed by atoms with E-state index in [1.165, 1.54) is 11.8 Å². The Hall–Kier alpha value is -0.420. The van der Waals surface area contributed by atoms with Gasteiger partial charge in [0.1, 0.15) is 0 Å². The lowest BCUT2D eigenvalue weighted by atomic mass is 10.2. The largest absolute Gasteiger partial charge is 0.376 e. The molecule has 0 unspecified atom stereocenters. The highest BCUT2D eigenvalue weighted by molar-refractivity contribution is 7.99. The predicted molar refractivity (Wildman–Crippen MR) is 84.6 cm³/mol.